The van der Waals surface area contributed by atoms with E-state index in [0.717, 1.165) is 22.1 Å². The third-order valence-corrected chi connectivity index (χ3v) is 5.04. The highest BCUT2D eigenvalue weighted by Gasteiger charge is 2.33. The van der Waals surface area contributed by atoms with Gasteiger partial charge in [-0.05, 0) is 30.2 Å². The highest BCUT2D eigenvalue weighted by atomic mass is 79.9. The highest BCUT2D eigenvalue weighted by Crippen LogP contribution is 2.29. The maximum Gasteiger partial charge on any atom is 0.163 e. The number of quaternary nitrogens is 1. The monoisotopic (exact) mass is 396 g/mol. The molecule has 0 aliphatic heterocycles. The van der Waals surface area contributed by atoms with Crippen LogP contribution in [0.1, 0.15) is 22.3 Å². The van der Waals surface area contributed by atoms with Crippen LogP contribution in [-0.2, 0) is 12.1 Å². The SMILES string of the molecule is Cc1ccc([C@](O)(C[NH2+]Cc2ccccc2)c2ccc(Br)cc2)cc1. The van der Waals surface area contributed by atoms with E-state index in [4.69, 9.17) is 0 Å². The molecular formula is C22H23BrNO+. The molecule has 3 aromatic rings. The maximum absolute atomic E-state index is 11.6. The Balaban J connectivity index is 1.86. The van der Waals surface area contributed by atoms with Crippen molar-refractivity contribution in [1.29, 1.82) is 0 Å². The molecule has 0 saturated carbocycles. The number of nitrogens with two attached hydrogens (primary N) is 1. The van der Waals surface area contributed by atoms with Crippen LogP contribution in [0.4, 0.5) is 0 Å². The Morgan fingerprint density at radius 2 is 1.40 bits per heavy atom. The van der Waals surface area contributed by atoms with Crippen LogP contribution in [0.15, 0.2) is 83.3 Å². The van der Waals surface area contributed by atoms with Crippen LogP contribution in [0.5, 0.6) is 0 Å². The van der Waals surface area contributed by atoms with Gasteiger partial charge in [0.05, 0.1) is 0 Å². The van der Waals surface area contributed by atoms with Crippen molar-refractivity contribution < 1.29 is 10.4 Å². The number of hydrogen-bond donors (Lipinski definition) is 2. The molecule has 0 aromatic heterocycles. The Hall–Kier alpha value is -1.94. The van der Waals surface area contributed by atoms with E-state index in [2.05, 4.69) is 52.4 Å². The molecule has 2 nitrogen and oxygen atoms in total. The van der Waals surface area contributed by atoms with E-state index in [9.17, 15) is 5.11 Å². The third kappa shape index (κ3) is 4.37. The quantitative estimate of drug-likeness (QED) is 0.653. The Morgan fingerprint density at radius 3 is 2.00 bits per heavy atom. The minimum Gasteiger partial charge on any atom is -0.375 e. The molecule has 1 atom stereocenters. The number of aryl methyl sites for hydroxylation is 1. The predicted molar refractivity (Wildman–Crippen MR) is 105 cm³/mol. The van der Waals surface area contributed by atoms with E-state index in [1.165, 1.54) is 11.1 Å². The van der Waals surface area contributed by atoms with Gasteiger partial charge in [0.2, 0.25) is 0 Å². The molecule has 0 aliphatic rings. The van der Waals surface area contributed by atoms with Crippen LogP contribution in [-0.4, -0.2) is 11.7 Å². The number of halogens is 1. The largest absolute Gasteiger partial charge is 0.375 e. The Kier molecular flexibility index (Phi) is 5.69. The van der Waals surface area contributed by atoms with E-state index < -0.39 is 5.60 Å². The Bertz CT molecular complexity index is 752. The zero-order chi connectivity index (χ0) is 17.7. The van der Waals surface area contributed by atoms with Gasteiger partial charge in [0.25, 0.3) is 0 Å². The predicted octanol–water partition coefficient (Wildman–Crippen LogP) is 3.76. The van der Waals surface area contributed by atoms with Gasteiger partial charge in [0.1, 0.15) is 13.1 Å². The summed E-state index contributed by atoms with van der Waals surface area (Å²) in [5, 5.41) is 13.7. The molecule has 3 N–H and O–H groups in total. The molecule has 3 rings (SSSR count). The summed E-state index contributed by atoms with van der Waals surface area (Å²) in [4.78, 5) is 0. The van der Waals surface area contributed by atoms with Gasteiger partial charge in [-0.1, -0.05) is 88.2 Å². The fourth-order valence-corrected chi connectivity index (χ4v) is 3.28. The summed E-state index contributed by atoms with van der Waals surface area (Å²) in [6.45, 7) is 3.46. The van der Waals surface area contributed by atoms with Crippen LogP contribution < -0.4 is 5.32 Å². The Morgan fingerprint density at radius 1 is 0.840 bits per heavy atom. The first-order valence-electron chi connectivity index (χ1n) is 8.49. The summed E-state index contributed by atoms with van der Waals surface area (Å²) < 4.78 is 1.01. The lowest BCUT2D eigenvalue weighted by Gasteiger charge is -2.28. The van der Waals surface area contributed by atoms with Gasteiger partial charge in [-0.2, -0.15) is 0 Å². The molecular weight excluding hydrogens is 374 g/mol. The molecule has 0 amide bonds. The van der Waals surface area contributed by atoms with Crippen molar-refractivity contribution in [2.45, 2.75) is 19.1 Å². The van der Waals surface area contributed by atoms with Crippen molar-refractivity contribution >= 4 is 15.9 Å². The molecule has 0 saturated heterocycles. The summed E-state index contributed by atoms with van der Waals surface area (Å²) >= 11 is 3.47. The molecule has 0 heterocycles. The summed E-state index contributed by atoms with van der Waals surface area (Å²) in [5.41, 5.74) is 3.25. The number of aliphatic hydroxyl groups is 1. The summed E-state index contributed by atoms with van der Waals surface area (Å²) in [6.07, 6.45) is 0. The zero-order valence-electron chi connectivity index (χ0n) is 14.3. The zero-order valence-corrected chi connectivity index (χ0v) is 15.9. The third-order valence-electron chi connectivity index (χ3n) is 4.51. The summed E-state index contributed by atoms with van der Waals surface area (Å²) in [6, 6.07) is 26.4. The lowest BCUT2D eigenvalue weighted by Crippen LogP contribution is -2.86. The number of rotatable bonds is 6. The van der Waals surface area contributed by atoms with E-state index in [1.54, 1.807) is 0 Å². The van der Waals surface area contributed by atoms with Crippen molar-refractivity contribution in [3.8, 4) is 0 Å². The van der Waals surface area contributed by atoms with Crippen LogP contribution in [0.25, 0.3) is 0 Å². The molecule has 0 radical (unpaired) electrons. The lowest BCUT2D eigenvalue weighted by atomic mass is 9.86. The molecule has 0 fully saturated rings. The second-order valence-electron chi connectivity index (χ2n) is 6.42. The fourth-order valence-electron chi connectivity index (χ4n) is 3.02. The standard InChI is InChI=1S/C22H22BrNO/c1-17-7-9-19(10-8-17)22(25,20-11-13-21(23)14-12-20)16-24-15-18-5-3-2-4-6-18/h2-14,24-25H,15-16H2,1H3/p+1/t22-/m1/s1. The molecule has 0 aliphatic carbocycles. The first-order valence-corrected chi connectivity index (χ1v) is 9.28. The van der Waals surface area contributed by atoms with Crippen molar-refractivity contribution in [3.05, 3.63) is 106 Å². The number of hydrogen-bond acceptors (Lipinski definition) is 1. The highest BCUT2D eigenvalue weighted by molar-refractivity contribution is 9.10. The van der Waals surface area contributed by atoms with Gasteiger partial charge in [-0.15, -0.1) is 0 Å². The molecule has 0 bridgehead atoms. The summed E-state index contributed by atoms with van der Waals surface area (Å²) in [5.74, 6) is 0. The smallest absolute Gasteiger partial charge is 0.163 e. The van der Waals surface area contributed by atoms with Crippen molar-refractivity contribution in [1.82, 2.24) is 0 Å². The summed E-state index contributed by atoms with van der Waals surface area (Å²) in [7, 11) is 0. The maximum atomic E-state index is 11.6. The van der Waals surface area contributed by atoms with E-state index in [-0.39, 0.29) is 0 Å². The van der Waals surface area contributed by atoms with Crippen molar-refractivity contribution in [2.75, 3.05) is 6.54 Å². The normalized spacial score (nSPS) is 13.4. The minimum absolute atomic E-state index is 0.562. The second-order valence-corrected chi connectivity index (χ2v) is 7.33. The van der Waals surface area contributed by atoms with Crippen molar-refractivity contribution in [2.24, 2.45) is 0 Å². The average Bonchev–Trinajstić information content (AvgIpc) is 2.63. The minimum atomic E-state index is -1.02. The van der Waals surface area contributed by atoms with Gasteiger partial charge in [-0.25, -0.2) is 0 Å². The van der Waals surface area contributed by atoms with Gasteiger partial charge in [0, 0.05) is 10.0 Å². The van der Waals surface area contributed by atoms with Crippen LogP contribution >= 0.6 is 15.9 Å². The van der Waals surface area contributed by atoms with Crippen molar-refractivity contribution in [3.63, 3.8) is 0 Å². The lowest BCUT2D eigenvalue weighted by molar-refractivity contribution is -0.682. The van der Waals surface area contributed by atoms with Gasteiger partial charge < -0.3 is 10.4 Å². The van der Waals surface area contributed by atoms with Gasteiger partial charge >= 0.3 is 0 Å². The molecule has 3 heteroatoms. The van der Waals surface area contributed by atoms with E-state index in [1.807, 2.05) is 54.6 Å². The fraction of sp³-hybridized carbons (Fsp3) is 0.182. The van der Waals surface area contributed by atoms with Crippen LogP contribution in [0, 0.1) is 6.92 Å². The van der Waals surface area contributed by atoms with Gasteiger partial charge in [0.15, 0.2) is 5.60 Å². The topological polar surface area (TPSA) is 36.8 Å². The van der Waals surface area contributed by atoms with Crippen LogP contribution in [0.3, 0.4) is 0 Å². The van der Waals surface area contributed by atoms with Gasteiger partial charge in [-0.3, -0.25) is 0 Å². The average molecular weight is 397 g/mol. The second kappa shape index (κ2) is 7.96. The molecule has 0 unspecified atom stereocenters. The van der Waals surface area contributed by atoms with E-state index in [0.29, 0.717) is 6.54 Å². The molecule has 128 valence electrons. The van der Waals surface area contributed by atoms with Crippen LogP contribution in [0.2, 0.25) is 0 Å². The molecule has 3 aromatic carbocycles. The van der Waals surface area contributed by atoms with E-state index >= 15 is 0 Å². The first-order chi connectivity index (χ1) is 12.1. The number of benzene rings is 3. The first kappa shape index (κ1) is 17.9. The molecule has 0 spiro atoms. The molecule has 25 heavy (non-hydrogen) atoms. The Labute approximate surface area is 157 Å².